The van der Waals surface area contributed by atoms with Crippen LogP contribution < -0.4 is 5.32 Å². The Morgan fingerprint density at radius 1 is 1.48 bits per heavy atom. The number of rotatable bonds is 5. The molecular formula is C14H17N3O3S. The number of hydrogen-bond acceptors (Lipinski definition) is 5. The van der Waals surface area contributed by atoms with Crippen molar-refractivity contribution in [1.82, 2.24) is 4.90 Å². The van der Waals surface area contributed by atoms with Crippen LogP contribution in [0.15, 0.2) is 0 Å². The molecule has 0 aromatic carbocycles. The van der Waals surface area contributed by atoms with Gasteiger partial charge in [-0.3, -0.25) is 14.5 Å². The fourth-order valence-electron chi connectivity index (χ4n) is 2.40. The number of aliphatic carboxylic acids is 1. The highest BCUT2D eigenvalue weighted by Gasteiger charge is 2.30. The van der Waals surface area contributed by atoms with Crippen LogP contribution in [0, 0.1) is 31.1 Å². The number of nitriles is 1. The summed E-state index contributed by atoms with van der Waals surface area (Å²) in [6.07, 6.45) is 0.153. The maximum Gasteiger partial charge on any atom is 0.303 e. The first-order valence-corrected chi connectivity index (χ1v) is 7.46. The third kappa shape index (κ3) is 3.60. The zero-order chi connectivity index (χ0) is 15.6. The molecule has 2 rings (SSSR count). The summed E-state index contributed by atoms with van der Waals surface area (Å²) in [6, 6.07) is 2.12. The molecule has 1 saturated heterocycles. The van der Waals surface area contributed by atoms with Gasteiger partial charge in [0.2, 0.25) is 5.91 Å². The van der Waals surface area contributed by atoms with Crippen molar-refractivity contribution >= 4 is 28.2 Å². The largest absolute Gasteiger partial charge is 0.481 e. The molecule has 1 fully saturated rings. The molecule has 21 heavy (non-hydrogen) atoms. The van der Waals surface area contributed by atoms with Gasteiger partial charge in [-0.25, -0.2) is 0 Å². The molecule has 0 saturated carbocycles. The number of amides is 1. The number of nitrogens with one attached hydrogen (secondary N) is 1. The van der Waals surface area contributed by atoms with E-state index in [1.807, 2.05) is 18.7 Å². The van der Waals surface area contributed by atoms with Gasteiger partial charge in [-0.2, -0.15) is 5.26 Å². The third-order valence-corrected chi connectivity index (χ3v) is 4.74. The van der Waals surface area contributed by atoms with E-state index < -0.39 is 5.97 Å². The summed E-state index contributed by atoms with van der Waals surface area (Å²) in [5, 5.41) is 21.2. The monoisotopic (exact) mass is 307 g/mol. The van der Waals surface area contributed by atoms with Gasteiger partial charge in [0.05, 0.1) is 18.5 Å². The Bertz CT molecular complexity index is 612. The number of thiophene rings is 1. The third-order valence-electron chi connectivity index (χ3n) is 3.61. The van der Waals surface area contributed by atoms with Crippen molar-refractivity contribution in [1.29, 1.82) is 5.26 Å². The zero-order valence-corrected chi connectivity index (χ0v) is 12.8. The zero-order valence-electron chi connectivity index (χ0n) is 12.0. The first-order valence-electron chi connectivity index (χ1n) is 6.64. The minimum atomic E-state index is -0.799. The van der Waals surface area contributed by atoms with Crippen molar-refractivity contribution in [3.05, 3.63) is 16.0 Å². The minimum Gasteiger partial charge on any atom is -0.481 e. The Kier molecular flexibility index (Phi) is 4.60. The van der Waals surface area contributed by atoms with E-state index in [-0.39, 0.29) is 24.8 Å². The van der Waals surface area contributed by atoms with Crippen LogP contribution in [0.5, 0.6) is 0 Å². The first kappa shape index (κ1) is 15.5. The molecule has 1 amide bonds. The lowest BCUT2D eigenvalue weighted by molar-refractivity contribution is -0.139. The molecule has 0 bridgehead atoms. The Balaban J connectivity index is 1.85. The molecular weight excluding hydrogens is 290 g/mol. The van der Waals surface area contributed by atoms with Gasteiger partial charge < -0.3 is 10.4 Å². The number of carboxylic acids is 1. The molecule has 0 unspecified atom stereocenters. The van der Waals surface area contributed by atoms with Gasteiger partial charge in [-0.05, 0) is 25.3 Å². The number of aryl methyl sites for hydroxylation is 1. The lowest BCUT2D eigenvalue weighted by atomic mass is 9.96. The molecule has 2 heterocycles. The Morgan fingerprint density at radius 2 is 2.14 bits per heavy atom. The van der Waals surface area contributed by atoms with Crippen molar-refractivity contribution in [2.24, 2.45) is 5.92 Å². The number of nitrogens with zero attached hydrogens (tertiary/aromatic N) is 2. The average molecular weight is 307 g/mol. The molecule has 2 N–H and O–H groups in total. The van der Waals surface area contributed by atoms with Crippen LogP contribution in [-0.4, -0.2) is 41.5 Å². The smallest absolute Gasteiger partial charge is 0.303 e. The first-order chi connectivity index (χ1) is 9.90. The molecule has 1 aromatic rings. The van der Waals surface area contributed by atoms with E-state index in [1.165, 1.54) is 11.3 Å². The molecule has 112 valence electrons. The van der Waals surface area contributed by atoms with Crippen LogP contribution >= 0.6 is 11.3 Å². The van der Waals surface area contributed by atoms with Gasteiger partial charge in [0.25, 0.3) is 0 Å². The van der Waals surface area contributed by atoms with E-state index in [2.05, 4.69) is 11.4 Å². The highest BCUT2D eigenvalue weighted by Crippen LogP contribution is 2.31. The van der Waals surface area contributed by atoms with Crippen LogP contribution in [0.2, 0.25) is 0 Å². The second kappa shape index (κ2) is 6.24. The van der Waals surface area contributed by atoms with Crippen molar-refractivity contribution in [2.45, 2.75) is 20.3 Å². The summed E-state index contributed by atoms with van der Waals surface area (Å²) >= 11 is 1.40. The van der Waals surface area contributed by atoms with Crippen LogP contribution in [0.3, 0.4) is 0 Å². The lowest BCUT2D eigenvalue weighted by Gasteiger charge is -2.37. The second-order valence-electron chi connectivity index (χ2n) is 5.31. The molecule has 1 aromatic heterocycles. The highest BCUT2D eigenvalue weighted by atomic mass is 32.1. The van der Waals surface area contributed by atoms with Crippen LogP contribution in [0.25, 0.3) is 0 Å². The summed E-state index contributed by atoms with van der Waals surface area (Å²) in [7, 11) is 0. The number of likely N-dealkylation sites (tertiary alicyclic amines) is 1. The van der Waals surface area contributed by atoms with Gasteiger partial charge in [0.15, 0.2) is 0 Å². The summed E-state index contributed by atoms with van der Waals surface area (Å²) < 4.78 is 0. The Morgan fingerprint density at radius 3 is 2.71 bits per heavy atom. The number of anilines is 1. The van der Waals surface area contributed by atoms with Crippen molar-refractivity contribution in [3.8, 4) is 6.07 Å². The predicted molar refractivity (Wildman–Crippen MR) is 79.3 cm³/mol. The second-order valence-corrected chi connectivity index (χ2v) is 6.53. The molecule has 1 aliphatic heterocycles. The number of hydrogen-bond donors (Lipinski definition) is 2. The van der Waals surface area contributed by atoms with E-state index in [1.54, 1.807) is 0 Å². The fraction of sp³-hybridized carbons (Fsp3) is 0.500. The van der Waals surface area contributed by atoms with Gasteiger partial charge in [-0.1, -0.05) is 0 Å². The quantitative estimate of drug-likeness (QED) is 0.861. The van der Waals surface area contributed by atoms with Gasteiger partial charge >= 0.3 is 5.97 Å². The Hall–Kier alpha value is -1.91. The maximum absolute atomic E-state index is 12.0. The molecule has 6 nitrogen and oxygen atoms in total. The normalized spacial score (nSPS) is 15.3. The van der Waals surface area contributed by atoms with Crippen LogP contribution in [-0.2, 0) is 9.59 Å². The summed E-state index contributed by atoms with van der Waals surface area (Å²) in [4.78, 5) is 25.4. The average Bonchev–Trinajstić information content (AvgIpc) is 2.61. The van der Waals surface area contributed by atoms with Crippen LogP contribution in [0.1, 0.15) is 22.4 Å². The predicted octanol–water partition coefficient (Wildman–Crippen LogP) is 1.58. The van der Waals surface area contributed by atoms with Crippen molar-refractivity contribution < 1.29 is 14.7 Å². The Labute approximate surface area is 127 Å². The summed E-state index contributed by atoms with van der Waals surface area (Å²) in [5.74, 6) is -0.829. The SMILES string of the molecule is Cc1sc(NC(=O)CN2CC(CC(=O)O)C2)c(C#N)c1C. The molecule has 0 radical (unpaired) electrons. The van der Waals surface area contributed by atoms with Crippen molar-refractivity contribution in [3.63, 3.8) is 0 Å². The maximum atomic E-state index is 12.0. The standard InChI is InChI=1S/C14H17N3O3S/c1-8-9(2)21-14(11(8)4-15)16-12(18)7-17-5-10(6-17)3-13(19)20/h10H,3,5-7H2,1-2H3,(H,16,18)(H,19,20). The van der Waals surface area contributed by atoms with E-state index in [0.717, 1.165) is 10.4 Å². The molecule has 0 aliphatic carbocycles. The summed E-state index contributed by atoms with van der Waals surface area (Å²) in [5.41, 5.74) is 1.43. The van der Waals surface area contributed by atoms with Gasteiger partial charge in [-0.15, -0.1) is 11.3 Å². The number of carbonyl (C=O) groups excluding carboxylic acids is 1. The molecule has 1 aliphatic rings. The molecule has 0 spiro atoms. The number of carbonyl (C=O) groups is 2. The van der Waals surface area contributed by atoms with E-state index >= 15 is 0 Å². The molecule has 0 atom stereocenters. The van der Waals surface area contributed by atoms with E-state index in [0.29, 0.717) is 23.7 Å². The number of carboxylic acid groups (broad SMARTS) is 1. The minimum absolute atomic E-state index is 0.135. The van der Waals surface area contributed by atoms with Crippen LogP contribution in [0.4, 0.5) is 5.00 Å². The van der Waals surface area contributed by atoms with E-state index in [4.69, 9.17) is 10.4 Å². The summed E-state index contributed by atoms with van der Waals surface area (Å²) in [6.45, 7) is 5.28. The highest BCUT2D eigenvalue weighted by molar-refractivity contribution is 7.16. The lowest BCUT2D eigenvalue weighted by Crippen LogP contribution is -2.50. The molecule has 7 heteroatoms. The fourth-order valence-corrected chi connectivity index (χ4v) is 3.43. The van der Waals surface area contributed by atoms with E-state index in [9.17, 15) is 9.59 Å². The van der Waals surface area contributed by atoms with Gasteiger partial charge in [0, 0.05) is 18.0 Å². The van der Waals surface area contributed by atoms with Crippen molar-refractivity contribution in [2.75, 3.05) is 25.0 Å². The topological polar surface area (TPSA) is 93.4 Å². The van der Waals surface area contributed by atoms with Gasteiger partial charge in [0.1, 0.15) is 11.1 Å².